The molecule has 112 valence electrons. The minimum atomic E-state index is -1.24. The van der Waals surface area contributed by atoms with Gasteiger partial charge in [-0.05, 0) is 26.0 Å². The fraction of sp³-hybridized carbons (Fsp3) is 0.286. The third kappa shape index (κ3) is 3.40. The van der Waals surface area contributed by atoms with Crippen LogP contribution in [0.2, 0.25) is 5.02 Å². The molecule has 2 N–H and O–H groups in total. The molecule has 21 heavy (non-hydrogen) atoms. The Balaban J connectivity index is 2.15. The highest BCUT2D eigenvalue weighted by molar-refractivity contribution is 7.11. The molecule has 0 spiro atoms. The molecule has 0 unspecified atom stereocenters. The van der Waals surface area contributed by atoms with E-state index in [1.54, 1.807) is 19.4 Å². The van der Waals surface area contributed by atoms with Crippen LogP contribution in [0.25, 0.3) is 0 Å². The van der Waals surface area contributed by atoms with Gasteiger partial charge in [-0.2, -0.15) is 0 Å². The molecule has 0 saturated heterocycles. The van der Waals surface area contributed by atoms with Crippen LogP contribution in [0.3, 0.4) is 0 Å². The number of aliphatic hydroxyl groups excluding tert-OH is 1. The summed E-state index contributed by atoms with van der Waals surface area (Å²) in [6.07, 6.45) is -1.24. The quantitative estimate of drug-likeness (QED) is 0.906. The standard InChI is InChI=1S/C14H14ClFN2O2S/c1-7(18-14(20)13-8(2)17-6-21-13)12(19)11-9(15)4-3-5-10(11)16/h3-7,12,19H,1-2H3,(H,18,20)/t7-,12+/m0/s1. The first-order valence-corrected chi connectivity index (χ1v) is 7.50. The number of halogens is 2. The zero-order valence-corrected chi connectivity index (χ0v) is 13.0. The van der Waals surface area contributed by atoms with Gasteiger partial charge in [-0.1, -0.05) is 17.7 Å². The van der Waals surface area contributed by atoms with Crippen LogP contribution >= 0.6 is 22.9 Å². The number of carbonyl (C=O) groups excluding carboxylic acids is 1. The summed E-state index contributed by atoms with van der Waals surface area (Å²) in [4.78, 5) is 16.5. The number of nitrogens with one attached hydrogen (secondary N) is 1. The Morgan fingerprint density at radius 1 is 1.52 bits per heavy atom. The third-order valence-corrected chi connectivity index (χ3v) is 4.34. The first-order valence-electron chi connectivity index (χ1n) is 6.24. The summed E-state index contributed by atoms with van der Waals surface area (Å²) in [5.74, 6) is -0.959. The Bertz CT molecular complexity index is 642. The van der Waals surface area contributed by atoms with E-state index in [2.05, 4.69) is 10.3 Å². The molecule has 7 heteroatoms. The second-order valence-corrected chi connectivity index (χ2v) is 5.87. The van der Waals surface area contributed by atoms with Gasteiger partial charge in [0.25, 0.3) is 5.91 Å². The summed E-state index contributed by atoms with van der Waals surface area (Å²) in [5, 5.41) is 13.0. The maximum atomic E-state index is 13.8. The summed E-state index contributed by atoms with van der Waals surface area (Å²) in [6.45, 7) is 3.31. The van der Waals surface area contributed by atoms with Crippen molar-refractivity contribution >= 4 is 28.8 Å². The first-order chi connectivity index (χ1) is 9.91. The van der Waals surface area contributed by atoms with Gasteiger partial charge in [0, 0.05) is 10.6 Å². The number of aliphatic hydroxyl groups is 1. The van der Waals surface area contributed by atoms with E-state index < -0.39 is 18.0 Å². The lowest BCUT2D eigenvalue weighted by Gasteiger charge is -2.21. The Morgan fingerprint density at radius 2 is 2.24 bits per heavy atom. The van der Waals surface area contributed by atoms with E-state index in [0.717, 1.165) is 0 Å². The van der Waals surface area contributed by atoms with Crippen molar-refractivity contribution in [3.8, 4) is 0 Å². The number of benzene rings is 1. The van der Waals surface area contributed by atoms with Gasteiger partial charge in [0.15, 0.2) is 0 Å². The molecule has 4 nitrogen and oxygen atoms in total. The van der Waals surface area contributed by atoms with Crippen molar-refractivity contribution < 1.29 is 14.3 Å². The molecule has 0 aliphatic carbocycles. The molecule has 0 radical (unpaired) electrons. The Kier molecular flexibility index (Phi) is 4.92. The number of amides is 1. The molecule has 2 atom stereocenters. The molecular weight excluding hydrogens is 315 g/mol. The van der Waals surface area contributed by atoms with Crippen molar-refractivity contribution in [2.24, 2.45) is 0 Å². The van der Waals surface area contributed by atoms with Gasteiger partial charge < -0.3 is 10.4 Å². The molecule has 0 aliphatic rings. The van der Waals surface area contributed by atoms with E-state index >= 15 is 0 Å². The average Bonchev–Trinajstić information content (AvgIpc) is 2.84. The number of aromatic nitrogens is 1. The predicted octanol–water partition coefficient (Wildman–Crippen LogP) is 3.10. The van der Waals surface area contributed by atoms with E-state index in [-0.39, 0.29) is 16.5 Å². The number of aryl methyl sites for hydroxylation is 1. The van der Waals surface area contributed by atoms with Gasteiger partial charge in [-0.25, -0.2) is 9.37 Å². The smallest absolute Gasteiger partial charge is 0.263 e. The third-order valence-electron chi connectivity index (χ3n) is 3.08. The fourth-order valence-electron chi connectivity index (χ4n) is 1.91. The van der Waals surface area contributed by atoms with Crippen LogP contribution in [0.5, 0.6) is 0 Å². The first kappa shape index (κ1) is 15.9. The minimum absolute atomic E-state index is 0.0204. The topological polar surface area (TPSA) is 62.2 Å². The predicted molar refractivity (Wildman–Crippen MR) is 80.1 cm³/mol. The molecule has 0 bridgehead atoms. The molecule has 1 heterocycles. The summed E-state index contributed by atoms with van der Waals surface area (Å²) in [5.41, 5.74) is 2.16. The lowest BCUT2D eigenvalue weighted by Crippen LogP contribution is -2.37. The molecule has 1 amide bonds. The van der Waals surface area contributed by atoms with Gasteiger partial charge in [0.05, 0.1) is 17.2 Å². The van der Waals surface area contributed by atoms with Crippen LogP contribution in [0.1, 0.15) is 34.0 Å². The van der Waals surface area contributed by atoms with Crippen LogP contribution in [-0.4, -0.2) is 22.0 Å². The van der Waals surface area contributed by atoms with E-state index in [1.807, 2.05) is 0 Å². The van der Waals surface area contributed by atoms with Gasteiger partial charge >= 0.3 is 0 Å². The molecule has 0 fully saturated rings. The van der Waals surface area contributed by atoms with Crippen molar-refractivity contribution in [1.29, 1.82) is 0 Å². The zero-order valence-electron chi connectivity index (χ0n) is 11.4. The van der Waals surface area contributed by atoms with Gasteiger partial charge in [-0.15, -0.1) is 11.3 Å². The van der Waals surface area contributed by atoms with Crippen LogP contribution in [0.15, 0.2) is 23.7 Å². The largest absolute Gasteiger partial charge is 0.386 e. The Hall–Kier alpha value is -1.50. The lowest BCUT2D eigenvalue weighted by molar-refractivity contribution is 0.0849. The van der Waals surface area contributed by atoms with E-state index in [0.29, 0.717) is 10.6 Å². The summed E-state index contributed by atoms with van der Waals surface area (Å²) < 4.78 is 13.8. The van der Waals surface area contributed by atoms with Crippen LogP contribution < -0.4 is 5.32 Å². The van der Waals surface area contributed by atoms with Crippen molar-refractivity contribution in [1.82, 2.24) is 10.3 Å². The monoisotopic (exact) mass is 328 g/mol. The minimum Gasteiger partial charge on any atom is -0.386 e. The highest BCUT2D eigenvalue weighted by Gasteiger charge is 2.25. The van der Waals surface area contributed by atoms with E-state index in [1.165, 1.54) is 29.5 Å². The van der Waals surface area contributed by atoms with Crippen molar-refractivity contribution in [3.05, 3.63) is 50.7 Å². The fourth-order valence-corrected chi connectivity index (χ4v) is 2.89. The second kappa shape index (κ2) is 6.51. The Morgan fingerprint density at radius 3 is 2.81 bits per heavy atom. The van der Waals surface area contributed by atoms with Gasteiger partial charge in [0.1, 0.15) is 16.8 Å². The number of rotatable bonds is 4. The normalized spacial score (nSPS) is 13.8. The maximum absolute atomic E-state index is 13.8. The molecule has 2 rings (SSSR count). The molecular formula is C14H14ClFN2O2S. The zero-order chi connectivity index (χ0) is 15.6. The summed E-state index contributed by atoms with van der Waals surface area (Å²) in [6, 6.07) is 3.46. The molecule has 1 aromatic heterocycles. The molecule has 2 aromatic rings. The number of nitrogens with zero attached hydrogens (tertiary/aromatic N) is 1. The highest BCUT2D eigenvalue weighted by atomic mass is 35.5. The summed E-state index contributed by atoms with van der Waals surface area (Å²) >= 11 is 7.12. The molecule has 0 aliphatic heterocycles. The van der Waals surface area contributed by atoms with Crippen LogP contribution in [0.4, 0.5) is 4.39 Å². The van der Waals surface area contributed by atoms with E-state index in [9.17, 15) is 14.3 Å². The number of hydrogen-bond acceptors (Lipinski definition) is 4. The molecule has 0 saturated carbocycles. The highest BCUT2D eigenvalue weighted by Crippen LogP contribution is 2.28. The second-order valence-electron chi connectivity index (χ2n) is 4.61. The van der Waals surface area contributed by atoms with E-state index in [4.69, 9.17) is 11.6 Å². The lowest BCUT2D eigenvalue weighted by atomic mass is 10.0. The van der Waals surface area contributed by atoms with Crippen LogP contribution in [-0.2, 0) is 0 Å². The van der Waals surface area contributed by atoms with Gasteiger partial charge in [0.2, 0.25) is 0 Å². The van der Waals surface area contributed by atoms with Crippen molar-refractivity contribution in [2.75, 3.05) is 0 Å². The Labute approximate surface area is 130 Å². The number of thiazole rings is 1. The number of hydrogen-bond donors (Lipinski definition) is 2. The SMILES string of the molecule is Cc1ncsc1C(=O)N[C@@H](C)[C@@H](O)c1c(F)cccc1Cl. The van der Waals surface area contributed by atoms with Crippen molar-refractivity contribution in [3.63, 3.8) is 0 Å². The number of carbonyl (C=O) groups is 1. The molecule has 1 aromatic carbocycles. The maximum Gasteiger partial charge on any atom is 0.263 e. The van der Waals surface area contributed by atoms with Crippen molar-refractivity contribution in [2.45, 2.75) is 26.0 Å². The average molecular weight is 329 g/mol. The summed E-state index contributed by atoms with van der Waals surface area (Å²) in [7, 11) is 0. The van der Waals surface area contributed by atoms with Gasteiger partial charge in [-0.3, -0.25) is 4.79 Å². The van der Waals surface area contributed by atoms with Crippen LogP contribution in [0, 0.1) is 12.7 Å².